The quantitative estimate of drug-likeness (QED) is 0.190. The first-order chi connectivity index (χ1) is 18.3. The summed E-state index contributed by atoms with van der Waals surface area (Å²) >= 11 is 12.2. The lowest BCUT2D eigenvalue weighted by atomic mass is 10.2. The standard InChI is InChI=1S/C27H24Cl2FN5O3/c28-16-10-17(31)12-19(11-16)38-25-20(29)5-3-14(24(25)30)13-33-26(36)23-9-15-8-18(4-6-21(15)35-23)34-27(37)22-2-1-7-32-22/h3-6,8-12,22,32,35H,1-2,7,13,31H2,(H,33,36)(H,34,37). The van der Waals surface area contributed by atoms with Gasteiger partial charge in [-0.2, -0.15) is 0 Å². The molecule has 2 amide bonds. The van der Waals surface area contributed by atoms with Crippen LogP contribution in [0.5, 0.6) is 11.5 Å². The Morgan fingerprint density at radius 2 is 1.95 bits per heavy atom. The van der Waals surface area contributed by atoms with Crippen molar-refractivity contribution < 1.29 is 18.7 Å². The lowest BCUT2D eigenvalue weighted by Gasteiger charge is -2.13. The number of benzene rings is 3. The molecule has 1 aliphatic rings. The molecule has 11 heteroatoms. The van der Waals surface area contributed by atoms with Crippen LogP contribution in [0.15, 0.2) is 54.6 Å². The van der Waals surface area contributed by atoms with Crippen LogP contribution in [-0.4, -0.2) is 29.4 Å². The highest BCUT2D eigenvalue weighted by Gasteiger charge is 2.22. The number of nitrogens with one attached hydrogen (secondary N) is 4. The number of carbonyl (C=O) groups is 2. The van der Waals surface area contributed by atoms with E-state index in [0.717, 1.165) is 30.3 Å². The van der Waals surface area contributed by atoms with Crippen LogP contribution >= 0.6 is 23.2 Å². The van der Waals surface area contributed by atoms with E-state index in [4.69, 9.17) is 33.7 Å². The van der Waals surface area contributed by atoms with Gasteiger partial charge in [0.2, 0.25) is 5.91 Å². The topological polar surface area (TPSA) is 121 Å². The lowest BCUT2D eigenvalue weighted by Crippen LogP contribution is -2.35. The summed E-state index contributed by atoms with van der Waals surface area (Å²) < 4.78 is 20.8. The number of nitrogens with two attached hydrogens (primary N) is 1. The summed E-state index contributed by atoms with van der Waals surface area (Å²) in [5, 5.41) is 9.91. The van der Waals surface area contributed by atoms with Gasteiger partial charge in [-0.3, -0.25) is 9.59 Å². The third-order valence-electron chi connectivity index (χ3n) is 6.19. The van der Waals surface area contributed by atoms with Crippen LogP contribution in [0.1, 0.15) is 28.9 Å². The fraction of sp³-hybridized carbons (Fsp3) is 0.185. The molecule has 1 aromatic heterocycles. The Balaban J connectivity index is 1.27. The van der Waals surface area contributed by atoms with Crippen LogP contribution < -0.4 is 26.4 Å². The zero-order valence-electron chi connectivity index (χ0n) is 20.0. The number of aromatic amines is 1. The minimum absolute atomic E-state index is 0.0540. The van der Waals surface area contributed by atoms with Crippen molar-refractivity contribution >= 4 is 57.3 Å². The number of carbonyl (C=O) groups excluding carboxylic acids is 2. The maximum Gasteiger partial charge on any atom is 0.267 e. The van der Waals surface area contributed by atoms with E-state index in [0.29, 0.717) is 22.1 Å². The Kier molecular flexibility index (Phi) is 7.42. The second-order valence-electron chi connectivity index (χ2n) is 8.98. The fourth-order valence-electron chi connectivity index (χ4n) is 4.31. The number of hydrogen-bond acceptors (Lipinski definition) is 5. The van der Waals surface area contributed by atoms with Gasteiger partial charge in [-0.25, -0.2) is 4.39 Å². The average molecular weight is 556 g/mol. The highest BCUT2D eigenvalue weighted by molar-refractivity contribution is 6.32. The van der Waals surface area contributed by atoms with Crippen molar-refractivity contribution in [2.45, 2.75) is 25.4 Å². The molecule has 1 saturated heterocycles. The number of aromatic nitrogens is 1. The number of hydrogen-bond donors (Lipinski definition) is 5. The summed E-state index contributed by atoms with van der Waals surface area (Å²) in [5.41, 5.74) is 7.96. The number of rotatable bonds is 7. The van der Waals surface area contributed by atoms with Gasteiger partial charge < -0.3 is 31.4 Å². The van der Waals surface area contributed by atoms with Crippen molar-refractivity contribution in [3.05, 3.63) is 81.7 Å². The number of amides is 2. The summed E-state index contributed by atoms with van der Waals surface area (Å²) in [4.78, 5) is 28.3. The normalized spacial score (nSPS) is 15.0. The number of H-pyrrole nitrogens is 1. The minimum Gasteiger partial charge on any atom is -0.453 e. The van der Waals surface area contributed by atoms with Crippen molar-refractivity contribution in [3.63, 3.8) is 0 Å². The van der Waals surface area contributed by atoms with Gasteiger partial charge in [0.05, 0.1) is 11.1 Å². The predicted molar refractivity (Wildman–Crippen MR) is 146 cm³/mol. The van der Waals surface area contributed by atoms with Crippen molar-refractivity contribution in [2.75, 3.05) is 17.6 Å². The molecule has 1 fully saturated rings. The molecule has 8 nitrogen and oxygen atoms in total. The Hall–Kier alpha value is -3.79. The highest BCUT2D eigenvalue weighted by atomic mass is 35.5. The second-order valence-corrected chi connectivity index (χ2v) is 9.82. The van der Waals surface area contributed by atoms with Crippen LogP contribution in [0, 0.1) is 5.82 Å². The van der Waals surface area contributed by atoms with Gasteiger partial charge >= 0.3 is 0 Å². The maximum atomic E-state index is 15.2. The Bertz CT molecular complexity index is 1510. The van der Waals surface area contributed by atoms with Crippen molar-refractivity contribution in [2.24, 2.45) is 0 Å². The monoisotopic (exact) mass is 555 g/mol. The van der Waals surface area contributed by atoms with E-state index in [-0.39, 0.29) is 40.6 Å². The molecule has 4 aromatic rings. The zero-order valence-corrected chi connectivity index (χ0v) is 21.5. The number of halogens is 3. The molecule has 0 radical (unpaired) electrons. The van der Waals surface area contributed by atoms with E-state index in [1.54, 1.807) is 24.3 Å². The van der Waals surface area contributed by atoms with E-state index < -0.39 is 11.7 Å². The molecule has 5 rings (SSSR count). The SMILES string of the molecule is Nc1cc(Cl)cc(Oc2c(Cl)ccc(CNC(=O)c3cc4cc(NC(=O)C5CCCN5)ccc4[nH]3)c2F)c1. The Morgan fingerprint density at radius 1 is 1.11 bits per heavy atom. The fourth-order valence-corrected chi connectivity index (χ4v) is 4.72. The van der Waals surface area contributed by atoms with Crippen LogP contribution in [0.3, 0.4) is 0 Å². The van der Waals surface area contributed by atoms with Crippen molar-refractivity contribution in [1.82, 2.24) is 15.6 Å². The van der Waals surface area contributed by atoms with Crippen LogP contribution in [0.4, 0.5) is 15.8 Å². The van der Waals surface area contributed by atoms with Gasteiger partial charge in [-0.1, -0.05) is 29.3 Å². The molecular weight excluding hydrogens is 532 g/mol. The molecule has 3 aromatic carbocycles. The molecular formula is C27H24Cl2FN5O3. The van der Waals surface area contributed by atoms with E-state index in [2.05, 4.69) is 20.9 Å². The largest absolute Gasteiger partial charge is 0.453 e. The third kappa shape index (κ3) is 5.70. The summed E-state index contributed by atoms with van der Waals surface area (Å²) in [6, 6.07) is 14.3. The minimum atomic E-state index is -0.717. The predicted octanol–water partition coefficient (Wildman–Crippen LogP) is 5.61. The first-order valence-corrected chi connectivity index (χ1v) is 12.7. The molecule has 38 heavy (non-hydrogen) atoms. The van der Waals surface area contributed by atoms with Gasteiger partial charge in [-0.05, 0) is 61.9 Å². The summed E-state index contributed by atoms with van der Waals surface area (Å²) in [6.45, 7) is 0.722. The molecule has 196 valence electrons. The molecule has 0 spiro atoms. The van der Waals surface area contributed by atoms with Crippen molar-refractivity contribution in [1.29, 1.82) is 0 Å². The van der Waals surface area contributed by atoms with Crippen LogP contribution in [-0.2, 0) is 11.3 Å². The third-order valence-corrected chi connectivity index (χ3v) is 6.71. The lowest BCUT2D eigenvalue weighted by molar-refractivity contribution is -0.117. The second kappa shape index (κ2) is 10.9. The first kappa shape index (κ1) is 25.8. The van der Waals surface area contributed by atoms with Gasteiger partial charge in [0.1, 0.15) is 11.4 Å². The number of fused-ring (bicyclic) bond motifs is 1. The first-order valence-electron chi connectivity index (χ1n) is 11.9. The Labute approximate surface area is 227 Å². The van der Waals surface area contributed by atoms with Crippen molar-refractivity contribution in [3.8, 4) is 11.5 Å². The smallest absolute Gasteiger partial charge is 0.267 e. The molecule has 0 aliphatic carbocycles. The van der Waals surface area contributed by atoms with Gasteiger partial charge in [-0.15, -0.1) is 0 Å². The number of anilines is 2. The highest BCUT2D eigenvalue weighted by Crippen LogP contribution is 2.35. The summed E-state index contributed by atoms with van der Waals surface area (Å²) in [6.07, 6.45) is 1.78. The molecule has 6 N–H and O–H groups in total. The van der Waals surface area contributed by atoms with E-state index in [1.807, 2.05) is 0 Å². The maximum absolute atomic E-state index is 15.2. The van der Waals surface area contributed by atoms with Crippen LogP contribution in [0.2, 0.25) is 10.0 Å². The van der Waals surface area contributed by atoms with E-state index in [9.17, 15) is 9.59 Å². The van der Waals surface area contributed by atoms with Gasteiger partial charge in [0.25, 0.3) is 5.91 Å². The summed E-state index contributed by atoms with van der Waals surface area (Å²) in [7, 11) is 0. The summed E-state index contributed by atoms with van der Waals surface area (Å²) in [5.74, 6) is -1.20. The molecule has 1 atom stereocenters. The zero-order chi connectivity index (χ0) is 26.8. The molecule has 1 aliphatic heterocycles. The number of nitrogen functional groups attached to an aromatic ring is 1. The molecule has 0 bridgehead atoms. The molecule has 1 unspecified atom stereocenters. The van der Waals surface area contributed by atoms with Gasteiger partial charge in [0.15, 0.2) is 11.6 Å². The average Bonchev–Trinajstić information content (AvgIpc) is 3.55. The molecule has 2 heterocycles. The Morgan fingerprint density at radius 3 is 2.71 bits per heavy atom. The van der Waals surface area contributed by atoms with Crippen LogP contribution in [0.25, 0.3) is 10.9 Å². The molecule has 0 saturated carbocycles. The van der Waals surface area contributed by atoms with E-state index in [1.165, 1.54) is 30.3 Å². The van der Waals surface area contributed by atoms with Gasteiger partial charge in [0, 0.05) is 45.5 Å². The van der Waals surface area contributed by atoms with E-state index >= 15 is 4.39 Å². The number of ether oxygens (including phenoxy) is 1.